The number of fused-ring (bicyclic) bond motifs is 1. The Morgan fingerprint density at radius 3 is 2.35 bits per heavy atom. The number of benzene rings is 2. The topological polar surface area (TPSA) is 93.5 Å². The van der Waals surface area contributed by atoms with Crippen LogP contribution in [0.5, 0.6) is 0 Å². The normalized spacial score (nSPS) is 13.0. The molecule has 2 rings (SSSR count). The first-order chi connectivity index (χ1) is 12.4. The maximum atomic E-state index is 13.0. The summed E-state index contributed by atoms with van der Waals surface area (Å²) in [5.74, 6) is 0. The molecule has 0 aliphatic heterocycles. The Morgan fingerprint density at radius 1 is 1.15 bits per heavy atom. The van der Waals surface area contributed by atoms with Gasteiger partial charge in [-0.05, 0) is 24.4 Å². The lowest BCUT2D eigenvalue weighted by Gasteiger charge is -2.24. The highest BCUT2D eigenvalue weighted by molar-refractivity contribution is 9.09. The number of nitrogens with zero attached hydrogens (tertiary/aromatic N) is 1. The van der Waals surface area contributed by atoms with Crippen molar-refractivity contribution in [2.75, 3.05) is 23.7 Å². The highest BCUT2D eigenvalue weighted by Crippen LogP contribution is 2.45. The van der Waals surface area contributed by atoms with Crippen molar-refractivity contribution >= 4 is 56.0 Å². The van der Waals surface area contributed by atoms with E-state index in [0.29, 0.717) is 34.7 Å². The predicted octanol–water partition coefficient (Wildman–Crippen LogP) is 4.90. The summed E-state index contributed by atoms with van der Waals surface area (Å²) in [5, 5.41) is 19.9. The zero-order valence-corrected chi connectivity index (χ0v) is 18.2. The molecule has 2 aromatic carbocycles. The summed E-state index contributed by atoms with van der Waals surface area (Å²) in [6, 6.07) is 10.6. The minimum atomic E-state index is -3.37. The van der Waals surface area contributed by atoms with Crippen LogP contribution < -0.4 is 10.2 Å². The van der Waals surface area contributed by atoms with Crippen molar-refractivity contribution in [2.45, 2.75) is 13.0 Å². The number of hydrogen-bond donors (Lipinski definition) is 2. The van der Waals surface area contributed by atoms with Crippen LogP contribution in [-0.4, -0.2) is 28.7 Å². The molecule has 1 unspecified atom stereocenters. The van der Waals surface area contributed by atoms with Crippen molar-refractivity contribution in [1.82, 2.24) is 10.2 Å². The Labute approximate surface area is 168 Å². The van der Waals surface area contributed by atoms with E-state index in [1.807, 2.05) is 12.1 Å². The molecule has 26 heavy (non-hydrogen) atoms. The number of nitrogens with one attached hydrogen (secondary N) is 2. The Bertz CT molecular complexity index is 809. The molecule has 2 N–H and O–H groups in total. The molecule has 0 saturated carbocycles. The standard InChI is InChI=1S/C16H20Br2N3O4P/c1-12(25-26(24,19-10-8-17)20-11-9-18)14-7-6-13-4-2-3-5-15(13)16(14)21(22)23/h2-7,12H,8-11H2,1H3,(H2,19,20,24). The number of rotatable bonds is 10. The molecule has 0 aliphatic carbocycles. The summed E-state index contributed by atoms with van der Waals surface area (Å²) in [4.78, 5) is 11.3. The first kappa shape index (κ1) is 21.5. The maximum absolute atomic E-state index is 13.0. The van der Waals surface area contributed by atoms with E-state index < -0.39 is 18.7 Å². The second kappa shape index (κ2) is 9.92. The molecule has 0 aliphatic rings. The predicted molar refractivity (Wildman–Crippen MR) is 111 cm³/mol. The molecule has 0 spiro atoms. The van der Waals surface area contributed by atoms with Crippen LogP contribution in [0.1, 0.15) is 18.6 Å². The third-order valence-corrected chi connectivity index (χ3v) is 6.37. The van der Waals surface area contributed by atoms with E-state index in [4.69, 9.17) is 4.52 Å². The number of nitro groups is 1. The zero-order chi connectivity index (χ0) is 19.2. The summed E-state index contributed by atoms with van der Waals surface area (Å²) >= 11 is 6.55. The van der Waals surface area contributed by atoms with Crippen LogP contribution in [-0.2, 0) is 9.09 Å². The summed E-state index contributed by atoms with van der Waals surface area (Å²) < 4.78 is 18.8. The second-order valence-corrected chi connectivity index (χ2v) is 9.01. The molecule has 0 bridgehead atoms. The number of hydrogen-bond acceptors (Lipinski definition) is 4. The monoisotopic (exact) mass is 507 g/mol. The number of alkyl halides is 2. The van der Waals surface area contributed by atoms with Crippen LogP contribution in [0.25, 0.3) is 10.8 Å². The van der Waals surface area contributed by atoms with Crippen LogP contribution in [0.15, 0.2) is 36.4 Å². The lowest BCUT2D eigenvalue weighted by atomic mass is 10.0. The minimum absolute atomic E-state index is 0.0249. The molecule has 1 atom stereocenters. The highest BCUT2D eigenvalue weighted by Gasteiger charge is 2.30. The van der Waals surface area contributed by atoms with Gasteiger partial charge in [-0.25, -0.2) is 10.2 Å². The van der Waals surface area contributed by atoms with Crippen LogP contribution in [0, 0.1) is 10.1 Å². The fraction of sp³-hybridized carbons (Fsp3) is 0.375. The Hall–Kier alpha value is -0.830. The van der Waals surface area contributed by atoms with Gasteiger partial charge in [-0.3, -0.25) is 19.2 Å². The van der Waals surface area contributed by atoms with Crippen molar-refractivity contribution in [3.8, 4) is 0 Å². The van der Waals surface area contributed by atoms with Gasteiger partial charge in [0.1, 0.15) is 0 Å². The van der Waals surface area contributed by atoms with Gasteiger partial charge in [0.05, 0.1) is 22.0 Å². The quantitative estimate of drug-likeness (QED) is 0.205. The van der Waals surface area contributed by atoms with Crippen molar-refractivity contribution in [2.24, 2.45) is 0 Å². The largest absolute Gasteiger partial charge is 0.341 e. The molecule has 142 valence electrons. The van der Waals surface area contributed by atoms with Crippen molar-refractivity contribution in [3.63, 3.8) is 0 Å². The van der Waals surface area contributed by atoms with Crippen molar-refractivity contribution in [1.29, 1.82) is 0 Å². The van der Waals surface area contributed by atoms with E-state index in [2.05, 4.69) is 42.0 Å². The van der Waals surface area contributed by atoms with Gasteiger partial charge in [0.25, 0.3) is 5.69 Å². The van der Waals surface area contributed by atoms with Crippen LogP contribution in [0.2, 0.25) is 0 Å². The smallest absolute Gasteiger partial charge is 0.298 e. The molecule has 7 nitrogen and oxygen atoms in total. The fourth-order valence-electron chi connectivity index (χ4n) is 2.59. The van der Waals surface area contributed by atoms with E-state index in [0.717, 1.165) is 5.39 Å². The zero-order valence-electron chi connectivity index (χ0n) is 14.2. The van der Waals surface area contributed by atoms with E-state index >= 15 is 0 Å². The van der Waals surface area contributed by atoms with E-state index in [1.165, 1.54) is 0 Å². The van der Waals surface area contributed by atoms with E-state index in [9.17, 15) is 14.7 Å². The third-order valence-electron chi connectivity index (χ3n) is 3.69. The highest BCUT2D eigenvalue weighted by atomic mass is 79.9. The number of halogens is 2. The molecule has 0 saturated heterocycles. The number of nitro benzene ring substituents is 1. The van der Waals surface area contributed by atoms with Crippen molar-refractivity contribution in [3.05, 3.63) is 52.1 Å². The van der Waals surface area contributed by atoms with E-state index in [-0.39, 0.29) is 5.69 Å². The molecular weight excluding hydrogens is 489 g/mol. The van der Waals surface area contributed by atoms with Gasteiger partial charge in [-0.2, -0.15) is 0 Å². The van der Waals surface area contributed by atoms with Gasteiger partial charge < -0.3 is 0 Å². The van der Waals surface area contributed by atoms with Gasteiger partial charge in [0, 0.05) is 23.7 Å². The van der Waals surface area contributed by atoms with Crippen LogP contribution in [0.3, 0.4) is 0 Å². The van der Waals surface area contributed by atoms with Crippen molar-refractivity contribution < 1.29 is 14.0 Å². The summed E-state index contributed by atoms with van der Waals surface area (Å²) in [7, 11) is -3.37. The van der Waals surface area contributed by atoms with Gasteiger partial charge in [-0.1, -0.05) is 56.1 Å². The Morgan fingerprint density at radius 2 is 1.77 bits per heavy atom. The molecule has 10 heteroatoms. The van der Waals surface area contributed by atoms with E-state index in [1.54, 1.807) is 31.2 Å². The van der Waals surface area contributed by atoms with Gasteiger partial charge in [0.15, 0.2) is 0 Å². The fourth-order valence-corrected chi connectivity index (χ4v) is 5.23. The van der Waals surface area contributed by atoms with Crippen LogP contribution in [0.4, 0.5) is 5.69 Å². The lowest BCUT2D eigenvalue weighted by Crippen LogP contribution is -2.27. The molecule has 0 radical (unpaired) electrons. The first-order valence-corrected chi connectivity index (χ1v) is 11.9. The summed E-state index contributed by atoms with van der Waals surface area (Å²) in [6.07, 6.45) is -0.739. The second-order valence-electron chi connectivity index (χ2n) is 5.47. The maximum Gasteiger partial charge on any atom is 0.341 e. The summed E-state index contributed by atoms with van der Waals surface area (Å²) in [5.41, 5.74) is 0.360. The first-order valence-electron chi connectivity index (χ1n) is 7.98. The minimum Gasteiger partial charge on any atom is -0.298 e. The third kappa shape index (κ3) is 5.34. The lowest BCUT2D eigenvalue weighted by molar-refractivity contribution is -0.384. The molecule has 0 aromatic heterocycles. The molecule has 0 amide bonds. The average molecular weight is 509 g/mol. The van der Waals surface area contributed by atoms with Crippen LogP contribution >= 0.6 is 39.5 Å². The molecule has 2 aromatic rings. The molecule has 0 heterocycles. The summed E-state index contributed by atoms with van der Waals surface area (Å²) in [6.45, 7) is 2.52. The van der Waals surface area contributed by atoms with Gasteiger partial charge in [-0.15, -0.1) is 0 Å². The molecular formula is C16H20Br2N3O4P. The average Bonchev–Trinajstić information content (AvgIpc) is 2.63. The molecule has 0 fully saturated rings. The van der Waals surface area contributed by atoms with Gasteiger partial charge in [0.2, 0.25) is 0 Å². The Kier molecular flexibility index (Phi) is 8.19. The van der Waals surface area contributed by atoms with Gasteiger partial charge >= 0.3 is 7.67 Å². The Balaban J connectivity index is 2.38. The SMILES string of the molecule is CC(OP(=O)(NCCBr)NCCBr)c1ccc2ccccc2c1[N+](=O)[O-].